The number of halogens is 3. The predicted molar refractivity (Wildman–Crippen MR) is 149 cm³/mol. The van der Waals surface area contributed by atoms with Crippen molar-refractivity contribution in [3.63, 3.8) is 0 Å². The highest BCUT2D eigenvalue weighted by Crippen LogP contribution is 2.46. The van der Waals surface area contributed by atoms with Gasteiger partial charge in [-0.25, -0.2) is 18.1 Å². The molecule has 4 heterocycles. The van der Waals surface area contributed by atoms with Crippen LogP contribution < -0.4 is 19.7 Å². The Bertz CT molecular complexity index is 1620. The number of nitrogens with zero attached hydrogens (tertiary/aromatic N) is 3. The van der Waals surface area contributed by atoms with E-state index < -0.39 is 27.5 Å². The standard InChI is InChI=1S/C29H30F3N5O5S/c30-29(31,32)41-24-4-2-1-3-22(24)26-23(27(42-35-26)16-5-6-16)15-33-18-11-19-13-20(12-18)37(19)25-10-7-17(14-34-25)28(38)36-43(39,40)21-8-9-21/h1-4,7,10,14,16,18-21,33H,5-6,8-9,11-13,15H2,(H,36,38). The van der Waals surface area contributed by atoms with Gasteiger partial charge in [0.2, 0.25) is 10.0 Å². The molecule has 3 saturated carbocycles. The Morgan fingerprint density at radius 3 is 2.44 bits per heavy atom. The molecule has 1 amide bonds. The summed E-state index contributed by atoms with van der Waals surface area (Å²) in [6, 6.07) is 9.96. The second-order valence-electron chi connectivity index (χ2n) is 11.8. The molecule has 2 N–H and O–H groups in total. The molecular weight excluding hydrogens is 587 g/mol. The second-order valence-corrected chi connectivity index (χ2v) is 13.7. The van der Waals surface area contributed by atoms with Gasteiger partial charge in [-0.05, 0) is 69.2 Å². The number of amides is 1. The summed E-state index contributed by atoms with van der Waals surface area (Å²) in [6.45, 7) is 0.404. The van der Waals surface area contributed by atoms with Gasteiger partial charge < -0.3 is 19.5 Å². The van der Waals surface area contributed by atoms with Gasteiger partial charge in [0.05, 0.1) is 10.8 Å². The van der Waals surface area contributed by atoms with Gasteiger partial charge in [0.1, 0.15) is 23.0 Å². The highest BCUT2D eigenvalue weighted by molar-refractivity contribution is 7.91. The summed E-state index contributed by atoms with van der Waals surface area (Å²) in [6.07, 6.45) is 2.31. The molecule has 2 aliphatic heterocycles. The number of ether oxygens (including phenoxy) is 1. The lowest BCUT2D eigenvalue weighted by Crippen LogP contribution is -2.64. The van der Waals surface area contributed by atoms with E-state index >= 15 is 0 Å². The molecule has 43 heavy (non-hydrogen) atoms. The van der Waals surface area contributed by atoms with Crippen LogP contribution in [0.5, 0.6) is 5.75 Å². The van der Waals surface area contributed by atoms with Gasteiger partial charge in [-0.3, -0.25) is 4.79 Å². The van der Waals surface area contributed by atoms with Crippen LogP contribution in [0.25, 0.3) is 11.3 Å². The lowest BCUT2D eigenvalue weighted by Gasteiger charge is -2.56. The molecule has 2 atom stereocenters. The quantitative estimate of drug-likeness (QED) is 0.335. The van der Waals surface area contributed by atoms with E-state index in [0.717, 1.165) is 43.5 Å². The fourth-order valence-corrected chi connectivity index (χ4v) is 7.53. The Labute approximate surface area is 246 Å². The van der Waals surface area contributed by atoms with Gasteiger partial charge in [-0.1, -0.05) is 17.3 Å². The number of benzene rings is 1. The summed E-state index contributed by atoms with van der Waals surface area (Å²) >= 11 is 0. The van der Waals surface area contributed by atoms with Crippen LogP contribution in [0.3, 0.4) is 0 Å². The minimum Gasteiger partial charge on any atom is -0.405 e. The molecule has 2 saturated heterocycles. The third-order valence-electron chi connectivity index (χ3n) is 8.62. The molecule has 228 valence electrons. The van der Waals surface area contributed by atoms with Gasteiger partial charge in [-0.15, -0.1) is 13.2 Å². The minimum atomic E-state index is -4.83. The van der Waals surface area contributed by atoms with Crippen LogP contribution in [-0.2, 0) is 16.6 Å². The molecule has 3 aromatic rings. The number of para-hydroxylation sites is 1. The molecule has 8 rings (SSSR count). The Balaban J connectivity index is 1.01. The number of pyridine rings is 1. The molecule has 5 fully saturated rings. The number of hydrogen-bond acceptors (Lipinski definition) is 9. The molecule has 1 aromatic carbocycles. The summed E-state index contributed by atoms with van der Waals surface area (Å²) in [5, 5.41) is 7.30. The number of fused-ring (bicyclic) bond motifs is 2. The molecule has 0 spiro atoms. The average molecular weight is 618 g/mol. The number of nitrogens with one attached hydrogen (secondary N) is 2. The first-order valence-corrected chi connectivity index (χ1v) is 16.0. The van der Waals surface area contributed by atoms with Crippen LogP contribution >= 0.6 is 0 Å². The molecule has 14 heteroatoms. The zero-order valence-corrected chi connectivity index (χ0v) is 23.8. The van der Waals surface area contributed by atoms with Crippen molar-refractivity contribution in [2.75, 3.05) is 4.90 Å². The fourth-order valence-electron chi connectivity index (χ4n) is 6.23. The number of carbonyl (C=O) groups is 1. The maximum Gasteiger partial charge on any atom is 0.573 e. The number of piperidine rings is 1. The molecule has 2 aromatic heterocycles. The van der Waals surface area contributed by atoms with Crippen molar-refractivity contribution in [1.29, 1.82) is 0 Å². The van der Waals surface area contributed by atoms with Gasteiger partial charge >= 0.3 is 6.36 Å². The van der Waals surface area contributed by atoms with Gasteiger partial charge in [0, 0.05) is 47.9 Å². The summed E-state index contributed by atoms with van der Waals surface area (Å²) in [5.41, 5.74) is 1.54. The normalized spacial score (nSPS) is 23.5. The average Bonchev–Trinajstić information content (AvgIpc) is 3.89. The number of hydrogen-bond donors (Lipinski definition) is 2. The molecule has 2 unspecified atom stereocenters. The van der Waals surface area contributed by atoms with Crippen LogP contribution in [-0.4, -0.2) is 54.2 Å². The predicted octanol–water partition coefficient (Wildman–Crippen LogP) is 4.63. The van der Waals surface area contributed by atoms with Crippen LogP contribution in [0, 0.1) is 0 Å². The number of aromatic nitrogens is 2. The van der Waals surface area contributed by atoms with E-state index in [1.165, 1.54) is 18.3 Å². The molecule has 5 aliphatic rings. The molecule has 2 bridgehead atoms. The third-order valence-corrected chi connectivity index (χ3v) is 10.4. The number of anilines is 1. The highest BCUT2D eigenvalue weighted by atomic mass is 32.2. The van der Waals surface area contributed by atoms with Gasteiger partial charge in [0.15, 0.2) is 0 Å². The Kier molecular flexibility index (Phi) is 6.88. The lowest BCUT2D eigenvalue weighted by molar-refractivity contribution is -0.274. The van der Waals surface area contributed by atoms with E-state index in [1.807, 2.05) is 0 Å². The number of rotatable bonds is 10. The summed E-state index contributed by atoms with van der Waals surface area (Å²) in [7, 11) is -3.63. The summed E-state index contributed by atoms with van der Waals surface area (Å²) in [4.78, 5) is 19.1. The topological polar surface area (TPSA) is 127 Å². The van der Waals surface area contributed by atoms with Crippen molar-refractivity contribution in [3.8, 4) is 17.0 Å². The van der Waals surface area contributed by atoms with Crippen LogP contribution in [0.15, 0.2) is 47.1 Å². The van der Waals surface area contributed by atoms with E-state index in [9.17, 15) is 26.4 Å². The fraction of sp³-hybridized carbons (Fsp3) is 0.483. The first-order chi connectivity index (χ1) is 20.6. The zero-order chi connectivity index (χ0) is 29.9. The first-order valence-electron chi connectivity index (χ1n) is 14.4. The minimum absolute atomic E-state index is 0.175. The Morgan fingerprint density at radius 2 is 1.79 bits per heavy atom. The van der Waals surface area contributed by atoms with E-state index in [0.29, 0.717) is 30.8 Å². The van der Waals surface area contributed by atoms with Crippen molar-refractivity contribution in [3.05, 3.63) is 59.5 Å². The van der Waals surface area contributed by atoms with Crippen molar-refractivity contribution in [2.45, 2.75) is 87.1 Å². The van der Waals surface area contributed by atoms with E-state index in [1.54, 1.807) is 24.3 Å². The number of alkyl halides is 3. The molecular formula is C29H30F3N5O5S. The second kappa shape index (κ2) is 10.5. The highest BCUT2D eigenvalue weighted by Gasteiger charge is 2.46. The van der Waals surface area contributed by atoms with Crippen molar-refractivity contribution >= 4 is 21.7 Å². The van der Waals surface area contributed by atoms with Crippen LogP contribution in [0.4, 0.5) is 19.0 Å². The summed E-state index contributed by atoms with van der Waals surface area (Å²) < 4.78 is 75.5. The van der Waals surface area contributed by atoms with E-state index in [-0.39, 0.29) is 40.9 Å². The SMILES string of the molecule is O=C(NS(=O)(=O)C1CC1)c1ccc(N2C3CC(NCc4c(-c5ccccc5OC(F)(F)F)noc4C4CC4)CC2C3)nc1. The molecule has 3 aliphatic carbocycles. The number of sulfonamides is 1. The third kappa shape index (κ3) is 5.81. The van der Waals surface area contributed by atoms with Crippen LogP contribution in [0.1, 0.15) is 72.5 Å². The molecule has 0 radical (unpaired) electrons. The van der Waals surface area contributed by atoms with E-state index in [4.69, 9.17) is 4.52 Å². The largest absolute Gasteiger partial charge is 0.573 e. The van der Waals surface area contributed by atoms with E-state index in [2.05, 4.69) is 29.8 Å². The van der Waals surface area contributed by atoms with Gasteiger partial charge in [0.25, 0.3) is 5.91 Å². The van der Waals surface area contributed by atoms with Gasteiger partial charge in [-0.2, -0.15) is 0 Å². The lowest BCUT2D eigenvalue weighted by atomic mass is 9.76. The Hall–Kier alpha value is -3.65. The van der Waals surface area contributed by atoms with Crippen molar-refractivity contribution < 1.29 is 35.6 Å². The molecule has 10 nitrogen and oxygen atoms in total. The van der Waals surface area contributed by atoms with Crippen LogP contribution in [0.2, 0.25) is 0 Å². The first kappa shape index (κ1) is 28.1. The zero-order valence-electron chi connectivity index (χ0n) is 23.0. The maximum atomic E-state index is 13.1. The Morgan fingerprint density at radius 1 is 1.05 bits per heavy atom. The monoisotopic (exact) mass is 617 g/mol. The summed E-state index contributed by atoms with van der Waals surface area (Å²) in [5.74, 6) is 0.672. The van der Waals surface area contributed by atoms with Crippen molar-refractivity contribution in [2.24, 2.45) is 0 Å². The van der Waals surface area contributed by atoms with Crippen molar-refractivity contribution in [1.82, 2.24) is 20.2 Å². The maximum absolute atomic E-state index is 13.1. The number of carbonyl (C=O) groups excluding carboxylic acids is 1. The smallest absolute Gasteiger partial charge is 0.405 e.